The maximum Gasteiger partial charge on any atom is 0.237 e. The molecule has 2 heterocycles. The third-order valence-electron chi connectivity index (χ3n) is 3.20. The maximum absolute atomic E-state index is 11.1. The van der Waals surface area contributed by atoms with E-state index in [0.717, 1.165) is 17.6 Å². The summed E-state index contributed by atoms with van der Waals surface area (Å²) in [6.07, 6.45) is 6.23. The van der Waals surface area contributed by atoms with Crippen LogP contribution in [0.3, 0.4) is 0 Å². The fraction of sp³-hybridized carbons (Fsp3) is 0.385. The van der Waals surface area contributed by atoms with Gasteiger partial charge in [0, 0.05) is 30.4 Å². The van der Waals surface area contributed by atoms with E-state index in [1.807, 2.05) is 22.9 Å². The molecule has 3 N–H and O–H groups in total. The summed E-state index contributed by atoms with van der Waals surface area (Å²) in [5, 5.41) is 4.56. The molecule has 3 rings (SSSR count). The Bertz CT molecular complexity index is 586. The molecule has 0 saturated heterocycles. The van der Waals surface area contributed by atoms with E-state index in [-0.39, 0.29) is 12.5 Å². The lowest BCUT2D eigenvalue weighted by atomic mass is 10.2. The first-order valence-corrected chi connectivity index (χ1v) is 6.18. The molecule has 1 fully saturated rings. The summed E-state index contributed by atoms with van der Waals surface area (Å²) in [7, 11) is 0. The summed E-state index contributed by atoms with van der Waals surface area (Å²) in [6.45, 7) is 0.996. The second kappa shape index (κ2) is 4.42. The Hall–Kier alpha value is -1.88. The number of pyridine rings is 1. The highest BCUT2D eigenvalue weighted by molar-refractivity contribution is 5.82. The van der Waals surface area contributed by atoms with Crippen molar-refractivity contribution in [2.75, 3.05) is 0 Å². The van der Waals surface area contributed by atoms with E-state index in [1.54, 1.807) is 6.20 Å². The monoisotopic (exact) mass is 244 g/mol. The Morgan fingerprint density at radius 3 is 3.11 bits per heavy atom. The van der Waals surface area contributed by atoms with Crippen LogP contribution >= 0.6 is 0 Å². The van der Waals surface area contributed by atoms with Crippen LogP contribution in [0.25, 0.3) is 11.0 Å². The largest absolute Gasteiger partial charge is 0.368 e. The van der Waals surface area contributed by atoms with E-state index in [0.29, 0.717) is 6.04 Å². The zero-order valence-electron chi connectivity index (χ0n) is 10.1. The van der Waals surface area contributed by atoms with E-state index >= 15 is 0 Å². The molecule has 0 aromatic carbocycles. The first kappa shape index (κ1) is 11.2. The molecule has 94 valence electrons. The second-order valence-electron chi connectivity index (χ2n) is 4.78. The molecule has 0 aliphatic heterocycles. The van der Waals surface area contributed by atoms with Gasteiger partial charge in [0.2, 0.25) is 5.91 Å². The molecule has 0 bridgehead atoms. The normalized spacial score (nSPS) is 15.1. The van der Waals surface area contributed by atoms with Crippen molar-refractivity contribution in [1.29, 1.82) is 0 Å². The standard InChI is InChI=1S/C13H16N4O/c14-12(18)8-17-7-9(6-16-10-3-4-10)11-2-1-5-15-13(11)17/h1-2,5,7,10,16H,3-4,6,8H2,(H2,14,18). The minimum atomic E-state index is -0.348. The summed E-state index contributed by atoms with van der Waals surface area (Å²) in [5.74, 6) is -0.348. The highest BCUT2D eigenvalue weighted by Gasteiger charge is 2.21. The van der Waals surface area contributed by atoms with Crippen molar-refractivity contribution in [3.05, 3.63) is 30.1 Å². The molecule has 0 spiro atoms. The van der Waals surface area contributed by atoms with Gasteiger partial charge < -0.3 is 15.6 Å². The minimum Gasteiger partial charge on any atom is -0.368 e. The number of amides is 1. The minimum absolute atomic E-state index is 0.178. The number of aromatic nitrogens is 2. The van der Waals surface area contributed by atoms with Crippen molar-refractivity contribution in [2.24, 2.45) is 5.73 Å². The highest BCUT2D eigenvalue weighted by atomic mass is 16.1. The number of primary amides is 1. The van der Waals surface area contributed by atoms with E-state index < -0.39 is 0 Å². The van der Waals surface area contributed by atoms with Gasteiger partial charge >= 0.3 is 0 Å². The highest BCUT2D eigenvalue weighted by Crippen LogP contribution is 2.22. The lowest BCUT2D eigenvalue weighted by Gasteiger charge is -2.00. The van der Waals surface area contributed by atoms with Gasteiger partial charge in [0.05, 0.1) is 0 Å². The molecular formula is C13H16N4O. The summed E-state index contributed by atoms with van der Waals surface area (Å²) < 4.78 is 1.82. The summed E-state index contributed by atoms with van der Waals surface area (Å²) in [4.78, 5) is 15.4. The van der Waals surface area contributed by atoms with Crippen molar-refractivity contribution < 1.29 is 4.79 Å². The zero-order valence-corrected chi connectivity index (χ0v) is 10.1. The van der Waals surface area contributed by atoms with Crippen molar-refractivity contribution in [1.82, 2.24) is 14.9 Å². The first-order chi connectivity index (χ1) is 8.74. The van der Waals surface area contributed by atoms with Crippen LogP contribution < -0.4 is 11.1 Å². The zero-order chi connectivity index (χ0) is 12.5. The number of rotatable bonds is 5. The molecule has 1 aliphatic carbocycles. The Morgan fingerprint density at radius 1 is 1.56 bits per heavy atom. The van der Waals surface area contributed by atoms with E-state index in [2.05, 4.69) is 10.3 Å². The van der Waals surface area contributed by atoms with E-state index in [1.165, 1.54) is 18.4 Å². The van der Waals surface area contributed by atoms with Gasteiger partial charge in [-0.05, 0) is 30.5 Å². The molecule has 5 heteroatoms. The summed E-state index contributed by atoms with van der Waals surface area (Å²) in [6, 6.07) is 4.61. The number of fused-ring (bicyclic) bond motifs is 1. The van der Waals surface area contributed by atoms with Crippen molar-refractivity contribution in [2.45, 2.75) is 32.0 Å². The number of nitrogens with zero attached hydrogens (tertiary/aromatic N) is 2. The predicted molar refractivity (Wildman–Crippen MR) is 68.8 cm³/mol. The number of nitrogens with one attached hydrogen (secondary N) is 1. The third kappa shape index (κ3) is 2.22. The van der Waals surface area contributed by atoms with Gasteiger partial charge in [0.15, 0.2) is 0 Å². The fourth-order valence-corrected chi connectivity index (χ4v) is 2.17. The number of hydrogen-bond acceptors (Lipinski definition) is 3. The Morgan fingerprint density at radius 2 is 2.39 bits per heavy atom. The Balaban J connectivity index is 1.93. The van der Waals surface area contributed by atoms with Crippen LogP contribution in [0.5, 0.6) is 0 Å². The average Bonchev–Trinajstić information content (AvgIpc) is 3.11. The van der Waals surface area contributed by atoms with Crippen molar-refractivity contribution >= 4 is 16.9 Å². The predicted octanol–water partition coefficient (Wildman–Crippen LogP) is 0.774. The molecule has 0 atom stereocenters. The molecule has 2 aromatic heterocycles. The topological polar surface area (TPSA) is 72.9 Å². The number of nitrogens with two attached hydrogens (primary N) is 1. The van der Waals surface area contributed by atoms with Crippen LogP contribution in [0.15, 0.2) is 24.5 Å². The molecule has 18 heavy (non-hydrogen) atoms. The van der Waals surface area contributed by atoms with Gasteiger partial charge in [0.1, 0.15) is 12.2 Å². The van der Waals surface area contributed by atoms with Crippen LogP contribution in [0.1, 0.15) is 18.4 Å². The quantitative estimate of drug-likeness (QED) is 0.816. The SMILES string of the molecule is NC(=O)Cn1cc(CNC2CC2)c2cccnc21. The second-order valence-corrected chi connectivity index (χ2v) is 4.78. The van der Waals surface area contributed by atoms with E-state index in [4.69, 9.17) is 5.73 Å². The Kier molecular flexibility index (Phi) is 2.76. The van der Waals surface area contributed by atoms with Crippen molar-refractivity contribution in [3.8, 4) is 0 Å². The van der Waals surface area contributed by atoms with Gasteiger partial charge in [0.25, 0.3) is 0 Å². The van der Waals surface area contributed by atoms with Crippen LogP contribution in [0, 0.1) is 0 Å². The number of carbonyl (C=O) groups is 1. The molecule has 1 amide bonds. The summed E-state index contributed by atoms with van der Waals surface area (Å²) >= 11 is 0. The van der Waals surface area contributed by atoms with Gasteiger partial charge in [-0.3, -0.25) is 4.79 Å². The first-order valence-electron chi connectivity index (χ1n) is 6.18. The summed E-state index contributed by atoms with van der Waals surface area (Å²) in [5.41, 5.74) is 7.25. The van der Waals surface area contributed by atoms with E-state index in [9.17, 15) is 4.79 Å². The van der Waals surface area contributed by atoms with Crippen LogP contribution in [-0.4, -0.2) is 21.5 Å². The average molecular weight is 244 g/mol. The lowest BCUT2D eigenvalue weighted by molar-refractivity contribution is -0.118. The van der Waals surface area contributed by atoms with Crippen LogP contribution in [0.2, 0.25) is 0 Å². The van der Waals surface area contributed by atoms with Gasteiger partial charge in [-0.25, -0.2) is 4.98 Å². The molecule has 0 unspecified atom stereocenters. The molecule has 1 aliphatic rings. The number of carbonyl (C=O) groups excluding carboxylic acids is 1. The lowest BCUT2D eigenvalue weighted by Crippen LogP contribution is -2.18. The van der Waals surface area contributed by atoms with Gasteiger partial charge in [-0.2, -0.15) is 0 Å². The third-order valence-corrected chi connectivity index (χ3v) is 3.20. The Labute approximate surface area is 105 Å². The fourth-order valence-electron chi connectivity index (χ4n) is 2.17. The number of hydrogen-bond donors (Lipinski definition) is 2. The molecule has 1 saturated carbocycles. The molecule has 5 nitrogen and oxygen atoms in total. The van der Waals surface area contributed by atoms with Gasteiger partial charge in [-0.1, -0.05) is 0 Å². The smallest absolute Gasteiger partial charge is 0.237 e. The van der Waals surface area contributed by atoms with Gasteiger partial charge in [-0.15, -0.1) is 0 Å². The van der Waals surface area contributed by atoms with Crippen molar-refractivity contribution in [3.63, 3.8) is 0 Å². The molecule has 0 radical (unpaired) electrons. The maximum atomic E-state index is 11.1. The van der Waals surface area contributed by atoms with Crippen LogP contribution in [0.4, 0.5) is 0 Å². The molecule has 2 aromatic rings. The van der Waals surface area contributed by atoms with Crippen LogP contribution in [-0.2, 0) is 17.9 Å². The molecular weight excluding hydrogens is 228 g/mol.